The number of carbonyl (C=O) groups is 2. The monoisotopic (exact) mass is 406 g/mol. The Morgan fingerprint density at radius 1 is 1.14 bits per heavy atom. The molecule has 2 rings (SSSR count). The Morgan fingerprint density at radius 3 is 2.38 bits per heavy atom. The van der Waals surface area contributed by atoms with Gasteiger partial charge in [0.15, 0.2) is 0 Å². The smallest absolute Gasteiger partial charge is 0.303 e. The van der Waals surface area contributed by atoms with Crippen LogP contribution in [0.1, 0.15) is 80.6 Å². The zero-order valence-electron chi connectivity index (χ0n) is 19.1. The third-order valence-corrected chi connectivity index (χ3v) is 7.07. The molecule has 0 heterocycles. The molecule has 29 heavy (non-hydrogen) atoms. The maximum Gasteiger partial charge on any atom is 0.303 e. The maximum atomic E-state index is 11.7. The van der Waals surface area contributed by atoms with Gasteiger partial charge in [-0.3, -0.25) is 9.59 Å². The lowest BCUT2D eigenvalue weighted by molar-refractivity contribution is -0.164. The van der Waals surface area contributed by atoms with Gasteiger partial charge in [0.1, 0.15) is 12.7 Å². The SMILES string of the molecule is CC(=O)OC/C=C(/C)CCC1=C(C)[C@H](OC(C)=O)[C@@H](O)[C@H]2C(C)(C)CCC[C@]12C. The highest BCUT2D eigenvalue weighted by Gasteiger charge is 2.57. The van der Waals surface area contributed by atoms with Crippen LogP contribution in [-0.2, 0) is 19.1 Å². The van der Waals surface area contributed by atoms with E-state index in [2.05, 4.69) is 20.8 Å². The summed E-state index contributed by atoms with van der Waals surface area (Å²) in [6.07, 6.45) is 5.60. The molecule has 1 N–H and O–H groups in total. The number of carbonyl (C=O) groups excluding carboxylic acids is 2. The highest BCUT2D eigenvalue weighted by atomic mass is 16.6. The van der Waals surface area contributed by atoms with Crippen molar-refractivity contribution in [3.63, 3.8) is 0 Å². The third kappa shape index (κ3) is 5.11. The average Bonchev–Trinajstić information content (AvgIpc) is 2.56. The lowest BCUT2D eigenvalue weighted by Gasteiger charge is -2.58. The Bertz CT molecular complexity index is 702. The molecular formula is C24H38O5. The molecule has 164 valence electrons. The highest BCUT2D eigenvalue weighted by Crippen LogP contribution is 2.60. The highest BCUT2D eigenvalue weighted by molar-refractivity contribution is 5.67. The largest absolute Gasteiger partial charge is 0.462 e. The standard InChI is InChI=1S/C24H38O5/c1-15(11-14-28-17(3)25)9-10-19-16(2)21(29-18(4)26)20(27)22-23(5,6)12-8-13-24(19,22)7/h11,20-22,27H,8-10,12-14H2,1-7H3/b15-11-/t20-,21+,22+,24-/m1/s1. The number of hydrogen-bond acceptors (Lipinski definition) is 5. The first-order valence-electron chi connectivity index (χ1n) is 10.7. The Labute approximate surface area is 175 Å². The number of aliphatic hydroxyl groups excluding tert-OH is 1. The van der Waals surface area contributed by atoms with Crippen molar-refractivity contribution in [1.29, 1.82) is 0 Å². The van der Waals surface area contributed by atoms with Crippen molar-refractivity contribution in [3.05, 3.63) is 22.8 Å². The molecule has 0 radical (unpaired) electrons. The van der Waals surface area contributed by atoms with E-state index >= 15 is 0 Å². The summed E-state index contributed by atoms with van der Waals surface area (Å²) < 4.78 is 10.6. The summed E-state index contributed by atoms with van der Waals surface area (Å²) >= 11 is 0. The number of allylic oxidation sites excluding steroid dienone is 2. The first-order valence-corrected chi connectivity index (χ1v) is 10.7. The van der Waals surface area contributed by atoms with Crippen molar-refractivity contribution in [2.45, 2.75) is 92.8 Å². The number of ether oxygens (including phenoxy) is 2. The molecule has 1 fully saturated rings. The van der Waals surface area contributed by atoms with E-state index in [0.717, 1.165) is 43.3 Å². The van der Waals surface area contributed by atoms with Gasteiger partial charge in [0, 0.05) is 19.8 Å². The number of esters is 2. The summed E-state index contributed by atoms with van der Waals surface area (Å²) in [5.74, 6) is -0.600. The molecular weight excluding hydrogens is 368 g/mol. The van der Waals surface area contributed by atoms with E-state index < -0.39 is 12.2 Å². The van der Waals surface area contributed by atoms with Crippen LogP contribution in [0.25, 0.3) is 0 Å². The van der Waals surface area contributed by atoms with Crippen LogP contribution in [0.15, 0.2) is 22.8 Å². The van der Waals surface area contributed by atoms with Gasteiger partial charge in [-0.2, -0.15) is 0 Å². The van der Waals surface area contributed by atoms with Crippen molar-refractivity contribution >= 4 is 11.9 Å². The zero-order chi connectivity index (χ0) is 22.0. The summed E-state index contributed by atoms with van der Waals surface area (Å²) in [4.78, 5) is 22.7. The normalized spacial score (nSPS) is 31.9. The average molecular weight is 407 g/mol. The number of hydrogen-bond donors (Lipinski definition) is 1. The van der Waals surface area contributed by atoms with Gasteiger partial charge in [-0.05, 0) is 62.0 Å². The van der Waals surface area contributed by atoms with Gasteiger partial charge in [-0.25, -0.2) is 0 Å². The molecule has 0 unspecified atom stereocenters. The van der Waals surface area contributed by atoms with Crippen LogP contribution in [0.3, 0.4) is 0 Å². The van der Waals surface area contributed by atoms with Crippen LogP contribution in [0, 0.1) is 16.7 Å². The summed E-state index contributed by atoms with van der Waals surface area (Å²) in [5.41, 5.74) is 3.33. The van der Waals surface area contributed by atoms with E-state index in [-0.39, 0.29) is 28.7 Å². The van der Waals surface area contributed by atoms with E-state index in [4.69, 9.17) is 9.47 Å². The fourth-order valence-corrected chi connectivity index (χ4v) is 5.86. The van der Waals surface area contributed by atoms with E-state index in [0.29, 0.717) is 6.61 Å². The third-order valence-electron chi connectivity index (χ3n) is 7.07. The maximum absolute atomic E-state index is 11.7. The molecule has 0 aliphatic heterocycles. The summed E-state index contributed by atoms with van der Waals surface area (Å²) in [6, 6.07) is 0. The van der Waals surface area contributed by atoms with Gasteiger partial charge >= 0.3 is 11.9 Å². The van der Waals surface area contributed by atoms with Crippen molar-refractivity contribution in [3.8, 4) is 0 Å². The Morgan fingerprint density at radius 2 is 1.79 bits per heavy atom. The molecule has 5 heteroatoms. The lowest BCUT2D eigenvalue weighted by Crippen LogP contribution is -2.57. The van der Waals surface area contributed by atoms with Crippen LogP contribution in [0.2, 0.25) is 0 Å². The second-order valence-electron chi connectivity index (χ2n) is 9.77. The Hall–Kier alpha value is -1.62. The van der Waals surface area contributed by atoms with Crippen molar-refractivity contribution in [2.75, 3.05) is 6.61 Å². The summed E-state index contributed by atoms with van der Waals surface area (Å²) in [6.45, 7) is 13.9. The van der Waals surface area contributed by atoms with Gasteiger partial charge in [0.05, 0.1) is 6.10 Å². The first kappa shape index (κ1) is 23.7. The molecule has 0 aromatic heterocycles. The fourth-order valence-electron chi connectivity index (χ4n) is 5.86. The Kier molecular flexibility index (Phi) is 7.37. The van der Waals surface area contributed by atoms with Gasteiger partial charge in [0.25, 0.3) is 0 Å². The molecule has 2 aliphatic carbocycles. The summed E-state index contributed by atoms with van der Waals surface area (Å²) in [7, 11) is 0. The van der Waals surface area contributed by atoms with Gasteiger partial charge < -0.3 is 14.6 Å². The second-order valence-corrected chi connectivity index (χ2v) is 9.77. The minimum absolute atomic E-state index is 0.0308. The molecule has 5 nitrogen and oxygen atoms in total. The van der Waals surface area contributed by atoms with Crippen LogP contribution in [0.4, 0.5) is 0 Å². The summed E-state index contributed by atoms with van der Waals surface area (Å²) in [5, 5.41) is 11.3. The van der Waals surface area contributed by atoms with Crippen LogP contribution in [0.5, 0.6) is 0 Å². The molecule has 0 bridgehead atoms. The number of aliphatic hydroxyl groups is 1. The van der Waals surface area contributed by atoms with Crippen molar-refractivity contribution in [2.24, 2.45) is 16.7 Å². The minimum atomic E-state index is -0.691. The predicted molar refractivity (Wildman–Crippen MR) is 113 cm³/mol. The molecule has 0 spiro atoms. The van der Waals surface area contributed by atoms with Gasteiger partial charge in [-0.1, -0.05) is 38.3 Å². The minimum Gasteiger partial charge on any atom is -0.462 e. The molecule has 4 atom stereocenters. The number of rotatable bonds is 6. The predicted octanol–water partition coefficient (Wildman–Crippen LogP) is 4.73. The van der Waals surface area contributed by atoms with Crippen LogP contribution < -0.4 is 0 Å². The van der Waals surface area contributed by atoms with Gasteiger partial charge in [0.2, 0.25) is 0 Å². The molecule has 1 saturated carbocycles. The molecule has 0 amide bonds. The Balaban J connectivity index is 2.35. The first-order chi connectivity index (χ1) is 13.4. The fraction of sp³-hybridized carbons (Fsp3) is 0.750. The van der Waals surface area contributed by atoms with E-state index in [1.54, 1.807) is 0 Å². The number of fused-ring (bicyclic) bond motifs is 1. The lowest BCUT2D eigenvalue weighted by atomic mass is 9.48. The van der Waals surface area contributed by atoms with E-state index in [9.17, 15) is 14.7 Å². The second kappa shape index (κ2) is 9.03. The topological polar surface area (TPSA) is 72.8 Å². The van der Waals surface area contributed by atoms with Crippen molar-refractivity contribution in [1.82, 2.24) is 0 Å². The van der Waals surface area contributed by atoms with Crippen molar-refractivity contribution < 1.29 is 24.2 Å². The quantitative estimate of drug-likeness (QED) is 0.510. The van der Waals surface area contributed by atoms with Gasteiger partial charge in [-0.15, -0.1) is 0 Å². The molecule has 0 aromatic carbocycles. The molecule has 2 aliphatic rings. The van der Waals surface area contributed by atoms with E-state index in [1.165, 1.54) is 19.4 Å². The van der Waals surface area contributed by atoms with Crippen LogP contribution >= 0.6 is 0 Å². The molecule has 0 aromatic rings. The molecule has 0 saturated heterocycles. The van der Waals surface area contributed by atoms with Crippen LogP contribution in [-0.4, -0.2) is 35.9 Å². The zero-order valence-corrected chi connectivity index (χ0v) is 19.1. The van der Waals surface area contributed by atoms with E-state index in [1.807, 2.05) is 19.9 Å².